The SMILES string of the molecule is Cc1c(C(=O)NC2CCCCCC2O)cccc1[N+](=O)[O-]. The smallest absolute Gasteiger partial charge is 0.273 e. The zero-order valence-electron chi connectivity index (χ0n) is 12.0. The van der Waals surface area contributed by atoms with Gasteiger partial charge in [0.2, 0.25) is 0 Å². The number of carbonyl (C=O) groups is 1. The Balaban J connectivity index is 2.16. The Morgan fingerprint density at radius 2 is 2.05 bits per heavy atom. The molecule has 2 atom stereocenters. The van der Waals surface area contributed by atoms with E-state index in [2.05, 4.69) is 5.32 Å². The summed E-state index contributed by atoms with van der Waals surface area (Å²) in [5.74, 6) is -0.359. The molecule has 0 bridgehead atoms. The summed E-state index contributed by atoms with van der Waals surface area (Å²) in [6.45, 7) is 1.57. The van der Waals surface area contributed by atoms with Crippen LogP contribution in [0.25, 0.3) is 0 Å². The summed E-state index contributed by atoms with van der Waals surface area (Å²) in [4.78, 5) is 22.7. The van der Waals surface area contributed by atoms with Gasteiger partial charge in [0.05, 0.1) is 17.1 Å². The van der Waals surface area contributed by atoms with Crippen molar-refractivity contribution in [3.05, 3.63) is 39.4 Å². The van der Waals surface area contributed by atoms with Crippen LogP contribution in [0, 0.1) is 17.0 Å². The fourth-order valence-corrected chi connectivity index (χ4v) is 2.77. The summed E-state index contributed by atoms with van der Waals surface area (Å²) in [5.41, 5.74) is 0.577. The fourth-order valence-electron chi connectivity index (χ4n) is 2.77. The number of nitrogens with zero attached hydrogens (tertiary/aromatic N) is 1. The molecule has 1 aliphatic carbocycles. The second-order valence-corrected chi connectivity index (χ2v) is 5.49. The molecule has 1 fully saturated rings. The van der Waals surface area contributed by atoms with Crippen molar-refractivity contribution in [2.24, 2.45) is 0 Å². The van der Waals surface area contributed by atoms with E-state index in [1.54, 1.807) is 13.0 Å². The Bertz CT molecular complexity index is 544. The molecule has 0 aromatic heterocycles. The lowest BCUT2D eigenvalue weighted by atomic mass is 10.0. The van der Waals surface area contributed by atoms with Gasteiger partial charge in [0.25, 0.3) is 11.6 Å². The van der Waals surface area contributed by atoms with Gasteiger partial charge in [0, 0.05) is 17.2 Å². The van der Waals surface area contributed by atoms with Crippen LogP contribution in [0.15, 0.2) is 18.2 Å². The molecule has 1 aromatic rings. The second-order valence-electron chi connectivity index (χ2n) is 5.49. The number of nitrogens with one attached hydrogen (secondary N) is 1. The molecule has 0 saturated heterocycles. The minimum absolute atomic E-state index is 0.0657. The first-order valence-electron chi connectivity index (χ1n) is 7.23. The minimum atomic E-state index is -0.546. The van der Waals surface area contributed by atoms with Gasteiger partial charge < -0.3 is 10.4 Å². The molecule has 0 radical (unpaired) electrons. The van der Waals surface area contributed by atoms with E-state index in [-0.39, 0.29) is 17.6 Å². The van der Waals surface area contributed by atoms with Gasteiger partial charge in [0.1, 0.15) is 0 Å². The number of amides is 1. The van der Waals surface area contributed by atoms with Crippen LogP contribution in [0.2, 0.25) is 0 Å². The molecule has 21 heavy (non-hydrogen) atoms. The number of carbonyl (C=O) groups excluding carboxylic acids is 1. The van der Waals surface area contributed by atoms with E-state index < -0.39 is 11.0 Å². The number of rotatable bonds is 3. The zero-order chi connectivity index (χ0) is 15.4. The van der Waals surface area contributed by atoms with Crippen LogP contribution in [0.1, 0.15) is 48.0 Å². The standard InChI is InChI=1S/C15H20N2O4/c1-10-11(6-5-8-13(10)17(20)21)15(19)16-12-7-3-2-4-9-14(12)18/h5-6,8,12,14,18H,2-4,7,9H2,1H3,(H,16,19). The van der Waals surface area contributed by atoms with Crippen molar-refractivity contribution in [3.8, 4) is 0 Å². The first-order valence-corrected chi connectivity index (χ1v) is 7.23. The van der Waals surface area contributed by atoms with Crippen molar-refractivity contribution in [2.75, 3.05) is 0 Å². The molecule has 0 heterocycles. The van der Waals surface area contributed by atoms with Gasteiger partial charge in [-0.05, 0) is 25.8 Å². The Labute approximate surface area is 123 Å². The van der Waals surface area contributed by atoms with Crippen LogP contribution in [0.4, 0.5) is 5.69 Å². The highest BCUT2D eigenvalue weighted by atomic mass is 16.6. The highest BCUT2D eigenvalue weighted by molar-refractivity contribution is 5.96. The van der Waals surface area contributed by atoms with E-state index in [0.717, 1.165) is 25.7 Å². The zero-order valence-corrected chi connectivity index (χ0v) is 12.0. The third-order valence-corrected chi connectivity index (χ3v) is 4.04. The molecule has 2 N–H and O–H groups in total. The summed E-state index contributed by atoms with van der Waals surface area (Å²) in [6, 6.07) is 4.18. The maximum Gasteiger partial charge on any atom is 0.273 e. The van der Waals surface area contributed by atoms with E-state index in [1.807, 2.05) is 0 Å². The lowest BCUT2D eigenvalue weighted by Gasteiger charge is -2.22. The molecule has 2 rings (SSSR count). The molecule has 1 amide bonds. The average Bonchev–Trinajstić information content (AvgIpc) is 2.64. The van der Waals surface area contributed by atoms with Gasteiger partial charge in [-0.3, -0.25) is 14.9 Å². The van der Waals surface area contributed by atoms with Gasteiger partial charge in [-0.2, -0.15) is 0 Å². The molecule has 6 nitrogen and oxygen atoms in total. The fraction of sp³-hybridized carbons (Fsp3) is 0.533. The molecule has 6 heteroatoms. The van der Waals surface area contributed by atoms with Crippen LogP contribution in [0.5, 0.6) is 0 Å². The maximum atomic E-state index is 12.3. The number of hydrogen-bond donors (Lipinski definition) is 2. The number of nitro groups is 1. The van der Waals surface area contributed by atoms with Gasteiger partial charge in [-0.25, -0.2) is 0 Å². The van der Waals surface area contributed by atoms with E-state index in [4.69, 9.17) is 0 Å². The van der Waals surface area contributed by atoms with Crippen molar-refractivity contribution >= 4 is 11.6 Å². The van der Waals surface area contributed by atoms with Crippen molar-refractivity contribution < 1.29 is 14.8 Å². The monoisotopic (exact) mass is 292 g/mol. The summed E-state index contributed by atoms with van der Waals surface area (Å²) < 4.78 is 0. The van der Waals surface area contributed by atoms with Gasteiger partial charge >= 0.3 is 0 Å². The second kappa shape index (κ2) is 6.67. The molecule has 0 aliphatic heterocycles. The third-order valence-electron chi connectivity index (χ3n) is 4.04. The lowest BCUT2D eigenvalue weighted by molar-refractivity contribution is -0.385. The van der Waals surface area contributed by atoms with Crippen molar-refractivity contribution in [3.63, 3.8) is 0 Å². The topological polar surface area (TPSA) is 92.5 Å². The Hall–Kier alpha value is -1.95. The molecular weight excluding hydrogens is 272 g/mol. The van der Waals surface area contributed by atoms with Crippen LogP contribution >= 0.6 is 0 Å². The van der Waals surface area contributed by atoms with Crippen molar-refractivity contribution in [2.45, 2.75) is 51.2 Å². The van der Waals surface area contributed by atoms with Crippen LogP contribution in [-0.2, 0) is 0 Å². The van der Waals surface area contributed by atoms with Crippen LogP contribution in [-0.4, -0.2) is 28.1 Å². The molecule has 114 valence electrons. The predicted octanol–water partition coefficient (Wildman–Crippen LogP) is 2.33. The quantitative estimate of drug-likeness (QED) is 0.508. The van der Waals surface area contributed by atoms with Crippen LogP contribution in [0.3, 0.4) is 0 Å². The van der Waals surface area contributed by atoms with Gasteiger partial charge in [-0.15, -0.1) is 0 Å². The van der Waals surface area contributed by atoms with E-state index >= 15 is 0 Å². The average molecular weight is 292 g/mol. The molecule has 1 aromatic carbocycles. The number of benzene rings is 1. The summed E-state index contributed by atoms with van der Waals surface area (Å²) >= 11 is 0. The third kappa shape index (κ3) is 3.58. The number of hydrogen-bond acceptors (Lipinski definition) is 4. The molecular formula is C15H20N2O4. The van der Waals surface area contributed by atoms with E-state index in [9.17, 15) is 20.0 Å². The number of nitro benzene ring substituents is 1. The highest BCUT2D eigenvalue weighted by Gasteiger charge is 2.25. The molecule has 1 saturated carbocycles. The molecule has 0 spiro atoms. The first kappa shape index (κ1) is 15.4. The normalized spacial score (nSPS) is 22.4. The summed E-state index contributed by atoms with van der Waals surface area (Å²) in [5, 5.41) is 23.8. The first-order chi connectivity index (χ1) is 10.0. The lowest BCUT2D eigenvalue weighted by Crippen LogP contribution is -2.42. The van der Waals surface area contributed by atoms with Crippen molar-refractivity contribution in [1.29, 1.82) is 0 Å². The number of aliphatic hydroxyl groups is 1. The van der Waals surface area contributed by atoms with Crippen LogP contribution < -0.4 is 5.32 Å². The van der Waals surface area contributed by atoms with E-state index in [0.29, 0.717) is 17.5 Å². The Kier molecular flexibility index (Phi) is 4.90. The van der Waals surface area contributed by atoms with E-state index in [1.165, 1.54) is 12.1 Å². The highest BCUT2D eigenvalue weighted by Crippen LogP contribution is 2.22. The molecule has 2 unspecified atom stereocenters. The number of aliphatic hydroxyl groups excluding tert-OH is 1. The predicted molar refractivity (Wildman–Crippen MR) is 78.2 cm³/mol. The Morgan fingerprint density at radius 1 is 1.33 bits per heavy atom. The minimum Gasteiger partial charge on any atom is -0.391 e. The summed E-state index contributed by atoms with van der Waals surface area (Å²) in [6.07, 6.45) is 3.86. The van der Waals surface area contributed by atoms with Gasteiger partial charge in [-0.1, -0.05) is 25.3 Å². The Morgan fingerprint density at radius 3 is 2.76 bits per heavy atom. The molecule has 1 aliphatic rings. The van der Waals surface area contributed by atoms with Gasteiger partial charge in [0.15, 0.2) is 0 Å². The van der Waals surface area contributed by atoms with Crippen molar-refractivity contribution in [1.82, 2.24) is 5.32 Å². The maximum absolute atomic E-state index is 12.3. The summed E-state index contributed by atoms with van der Waals surface area (Å²) in [7, 11) is 0. The largest absolute Gasteiger partial charge is 0.391 e.